The number of ether oxygens (including phenoxy) is 3. The SMILES string of the molecule is COC(=O)COc1c(Br)cc(/C=N\NC(=O)c2ccc(-c3csc(Nc4ccc(Cl)cc4)n3)cc2)cc1OC. The normalized spacial score (nSPS) is 10.8. The molecular weight excluding hydrogens is 608 g/mol. The molecule has 0 aliphatic carbocycles. The van der Waals surface area contributed by atoms with Crippen molar-refractivity contribution in [2.75, 3.05) is 26.1 Å². The Hall–Kier alpha value is -3.93. The van der Waals surface area contributed by atoms with Crippen LogP contribution in [0, 0.1) is 0 Å². The van der Waals surface area contributed by atoms with Crippen molar-refractivity contribution in [1.29, 1.82) is 0 Å². The Morgan fingerprint density at radius 3 is 2.54 bits per heavy atom. The lowest BCUT2D eigenvalue weighted by Gasteiger charge is -2.12. The number of benzene rings is 3. The molecule has 12 heteroatoms. The fraction of sp³-hybridized carbons (Fsp3) is 0.111. The molecule has 0 saturated carbocycles. The number of methoxy groups -OCH3 is 2. The molecule has 0 fully saturated rings. The van der Waals surface area contributed by atoms with E-state index in [2.05, 4.69) is 41.5 Å². The summed E-state index contributed by atoms with van der Waals surface area (Å²) in [4.78, 5) is 28.6. The average Bonchev–Trinajstić information content (AvgIpc) is 3.41. The smallest absolute Gasteiger partial charge is 0.343 e. The molecule has 0 spiro atoms. The highest BCUT2D eigenvalue weighted by molar-refractivity contribution is 9.10. The molecule has 9 nitrogen and oxygen atoms in total. The minimum absolute atomic E-state index is 0.266. The van der Waals surface area contributed by atoms with E-state index in [0.717, 1.165) is 22.1 Å². The van der Waals surface area contributed by atoms with Gasteiger partial charge in [0, 0.05) is 27.2 Å². The highest BCUT2D eigenvalue weighted by Crippen LogP contribution is 2.36. The Kier molecular flexibility index (Phi) is 9.53. The summed E-state index contributed by atoms with van der Waals surface area (Å²) in [7, 11) is 2.75. The van der Waals surface area contributed by atoms with E-state index >= 15 is 0 Å². The number of hydrazone groups is 1. The number of thiazole rings is 1. The molecule has 0 aliphatic heterocycles. The van der Waals surface area contributed by atoms with Gasteiger partial charge in [-0.15, -0.1) is 11.3 Å². The van der Waals surface area contributed by atoms with Gasteiger partial charge in [0.15, 0.2) is 23.2 Å². The van der Waals surface area contributed by atoms with Gasteiger partial charge in [-0.2, -0.15) is 5.10 Å². The van der Waals surface area contributed by atoms with Gasteiger partial charge in [-0.3, -0.25) is 4.79 Å². The quantitative estimate of drug-likeness (QED) is 0.120. The molecule has 0 aliphatic rings. The van der Waals surface area contributed by atoms with Crippen LogP contribution in [0.1, 0.15) is 15.9 Å². The van der Waals surface area contributed by atoms with Gasteiger partial charge in [-0.1, -0.05) is 23.7 Å². The monoisotopic (exact) mass is 628 g/mol. The fourth-order valence-electron chi connectivity index (χ4n) is 3.29. The Labute approximate surface area is 241 Å². The van der Waals surface area contributed by atoms with Gasteiger partial charge in [-0.25, -0.2) is 15.2 Å². The fourth-order valence-corrected chi connectivity index (χ4v) is 4.73. The number of nitrogens with one attached hydrogen (secondary N) is 2. The van der Waals surface area contributed by atoms with Crippen LogP contribution in [-0.2, 0) is 9.53 Å². The molecule has 200 valence electrons. The summed E-state index contributed by atoms with van der Waals surface area (Å²) in [6.07, 6.45) is 1.47. The number of aromatic nitrogens is 1. The Bertz CT molecular complexity index is 1490. The van der Waals surface area contributed by atoms with Crippen LogP contribution in [0.15, 0.2) is 75.6 Å². The summed E-state index contributed by atoms with van der Waals surface area (Å²) in [5.74, 6) is -0.166. The molecule has 0 saturated heterocycles. The van der Waals surface area contributed by atoms with E-state index in [-0.39, 0.29) is 12.5 Å². The van der Waals surface area contributed by atoms with Crippen molar-refractivity contribution in [2.45, 2.75) is 0 Å². The van der Waals surface area contributed by atoms with E-state index in [9.17, 15) is 9.59 Å². The van der Waals surface area contributed by atoms with Crippen molar-refractivity contribution in [3.63, 3.8) is 0 Å². The van der Waals surface area contributed by atoms with Crippen LogP contribution in [-0.4, -0.2) is 43.9 Å². The van der Waals surface area contributed by atoms with Crippen LogP contribution in [0.2, 0.25) is 5.02 Å². The molecule has 4 rings (SSSR count). The minimum Gasteiger partial charge on any atom is -0.493 e. The maximum atomic E-state index is 12.6. The van der Waals surface area contributed by atoms with E-state index in [0.29, 0.717) is 32.1 Å². The standard InChI is InChI=1S/C27H22BrClN4O5S/c1-36-23-12-16(11-21(28)25(23)38-14-24(34)37-2)13-30-33-26(35)18-5-3-17(4-6-18)22-15-39-27(32-22)31-20-9-7-19(29)8-10-20/h3-13,15H,14H2,1-2H3,(H,31,32)(H,33,35)/b30-13-. The third-order valence-corrected chi connectivity index (χ3v) is 6.83. The summed E-state index contributed by atoms with van der Waals surface area (Å²) in [5.41, 5.74) is 6.14. The van der Waals surface area contributed by atoms with Crippen molar-refractivity contribution in [3.8, 4) is 22.8 Å². The van der Waals surface area contributed by atoms with Crippen LogP contribution in [0.25, 0.3) is 11.3 Å². The number of carbonyl (C=O) groups is 2. The third-order valence-electron chi connectivity index (χ3n) is 5.24. The molecule has 0 bridgehead atoms. The molecule has 2 N–H and O–H groups in total. The lowest BCUT2D eigenvalue weighted by atomic mass is 10.1. The number of hydrogen-bond donors (Lipinski definition) is 2. The van der Waals surface area contributed by atoms with E-state index in [1.807, 2.05) is 41.8 Å². The molecule has 1 amide bonds. The van der Waals surface area contributed by atoms with Gasteiger partial charge < -0.3 is 19.5 Å². The van der Waals surface area contributed by atoms with Crippen LogP contribution < -0.4 is 20.2 Å². The first-order valence-corrected chi connectivity index (χ1v) is 13.4. The third kappa shape index (κ3) is 7.56. The van der Waals surface area contributed by atoms with Crippen LogP contribution in [0.5, 0.6) is 11.5 Å². The van der Waals surface area contributed by atoms with Crippen LogP contribution in [0.4, 0.5) is 10.8 Å². The van der Waals surface area contributed by atoms with Gasteiger partial charge in [0.25, 0.3) is 5.91 Å². The first-order valence-electron chi connectivity index (χ1n) is 11.4. The zero-order chi connectivity index (χ0) is 27.8. The maximum absolute atomic E-state index is 12.6. The molecule has 39 heavy (non-hydrogen) atoms. The summed E-state index contributed by atoms with van der Waals surface area (Å²) in [6, 6.07) is 17.8. The average molecular weight is 630 g/mol. The number of halogens is 2. The predicted octanol–water partition coefficient (Wildman–Crippen LogP) is 6.29. The molecule has 0 radical (unpaired) electrons. The molecule has 0 atom stereocenters. The highest BCUT2D eigenvalue weighted by Gasteiger charge is 2.14. The molecule has 4 aromatic rings. The second-order valence-corrected chi connectivity index (χ2v) is 9.99. The van der Waals surface area contributed by atoms with Crippen molar-refractivity contribution in [1.82, 2.24) is 10.4 Å². The van der Waals surface area contributed by atoms with Crippen LogP contribution >= 0.6 is 38.9 Å². The lowest BCUT2D eigenvalue weighted by molar-refractivity contribution is -0.142. The Balaban J connectivity index is 1.36. The van der Waals surface area contributed by atoms with Gasteiger partial charge in [0.05, 0.1) is 30.6 Å². The first-order chi connectivity index (χ1) is 18.9. The topological polar surface area (TPSA) is 111 Å². The second kappa shape index (κ2) is 13.2. The summed E-state index contributed by atoms with van der Waals surface area (Å²) in [5, 5.41) is 10.6. The zero-order valence-electron chi connectivity index (χ0n) is 20.7. The molecular formula is C27H22BrClN4O5S. The van der Waals surface area contributed by atoms with Gasteiger partial charge in [-0.05, 0) is 70.0 Å². The van der Waals surface area contributed by atoms with E-state index < -0.39 is 5.97 Å². The Morgan fingerprint density at radius 2 is 1.85 bits per heavy atom. The van der Waals surface area contributed by atoms with Crippen LogP contribution in [0.3, 0.4) is 0 Å². The molecule has 1 aromatic heterocycles. The van der Waals surface area contributed by atoms with Crippen molar-refractivity contribution in [2.24, 2.45) is 5.10 Å². The molecule has 0 unspecified atom stereocenters. The molecule has 1 heterocycles. The van der Waals surface area contributed by atoms with Gasteiger partial charge in [0.1, 0.15) is 0 Å². The van der Waals surface area contributed by atoms with Crippen molar-refractivity contribution >= 4 is 67.8 Å². The highest BCUT2D eigenvalue weighted by atomic mass is 79.9. The predicted molar refractivity (Wildman–Crippen MR) is 156 cm³/mol. The zero-order valence-corrected chi connectivity index (χ0v) is 23.9. The minimum atomic E-state index is -0.521. The maximum Gasteiger partial charge on any atom is 0.343 e. The summed E-state index contributed by atoms with van der Waals surface area (Å²) >= 11 is 10.8. The second-order valence-electron chi connectivity index (χ2n) is 7.85. The van der Waals surface area contributed by atoms with Crippen molar-refractivity contribution in [3.05, 3.63) is 86.7 Å². The first kappa shape index (κ1) is 28.1. The van der Waals surface area contributed by atoms with Gasteiger partial charge >= 0.3 is 5.97 Å². The number of hydrogen-bond acceptors (Lipinski definition) is 9. The largest absolute Gasteiger partial charge is 0.493 e. The van der Waals surface area contributed by atoms with E-state index in [1.54, 1.807) is 24.3 Å². The summed E-state index contributed by atoms with van der Waals surface area (Å²) < 4.78 is 15.9. The Morgan fingerprint density at radius 1 is 1.10 bits per heavy atom. The lowest BCUT2D eigenvalue weighted by Crippen LogP contribution is -2.17. The summed E-state index contributed by atoms with van der Waals surface area (Å²) in [6.45, 7) is -0.266. The number of carbonyl (C=O) groups excluding carboxylic acids is 2. The number of anilines is 2. The number of nitrogens with zero attached hydrogens (tertiary/aromatic N) is 2. The van der Waals surface area contributed by atoms with Crippen molar-refractivity contribution < 1.29 is 23.8 Å². The number of rotatable bonds is 10. The number of amides is 1. The van der Waals surface area contributed by atoms with E-state index in [1.165, 1.54) is 31.8 Å². The van der Waals surface area contributed by atoms with Gasteiger partial charge in [0.2, 0.25) is 0 Å². The molecule has 3 aromatic carbocycles. The number of esters is 1. The van der Waals surface area contributed by atoms with E-state index in [4.69, 9.17) is 21.1 Å².